The van der Waals surface area contributed by atoms with Crippen molar-refractivity contribution in [2.75, 3.05) is 0 Å². The molecule has 5 heteroatoms. The maximum absolute atomic E-state index is 13.6. The molecule has 2 unspecified atom stereocenters. The molecule has 3 aromatic rings. The minimum atomic E-state index is -0.535. The van der Waals surface area contributed by atoms with Gasteiger partial charge in [-0.2, -0.15) is 0 Å². The van der Waals surface area contributed by atoms with E-state index in [1.54, 1.807) is 6.07 Å². The quantitative estimate of drug-likeness (QED) is 0.476. The van der Waals surface area contributed by atoms with Crippen LogP contribution in [0, 0.1) is 17.8 Å². The molecule has 2 N–H and O–H groups in total. The number of hydrogen-bond donors (Lipinski definition) is 1. The number of para-hydroxylation sites is 2. The Labute approximate surface area is 183 Å². The SMILES string of the molecule is NC(=O)C(CC1CCCCC1)C(CCc1ccccc1)C(=O)c1nc2ccccc2o1. The molecule has 162 valence electrons. The summed E-state index contributed by atoms with van der Waals surface area (Å²) in [4.78, 5) is 30.5. The molecule has 1 aromatic heterocycles. The normalized spacial score (nSPS) is 16.8. The number of fused-ring (bicyclic) bond motifs is 1. The van der Waals surface area contributed by atoms with Crippen molar-refractivity contribution in [1.29, 1.82) is 0 Å². The second-order valence-electron chi connectivity index (χ2n) is 8.73. The number of Topliss-reactive ketones (excluding diaryl/α,β-unsaturated/α-hetero) is 1. The Morgan fingerprint density at radius 1 is 0.968 bits per heavy atom. The minimum absolute atomic E-state index is 0.0779. The first-order chi connectivity index (χ1) is 15.1. The minimum Gasteiger partial charge on any atom is -0.434 e. The van der Waals surface area contributed by atoms with Gasteiger partial charge in [-0.15, -0.1) is 0 Å². The molecular weight excluding hydrogens is 388 g/mol. The van der Waals surface area contributed by atoms with Crippen LogP contribution >= 0.6 is 0 Å². The van der Waals surface area contributed by atoms with Crippen LogP contribution in [0.25, 0.3) is 11.1 Å². The molecule has 5 nitrogen and oxygen atoms in total. The molecule has 31 heavy (non-hydrogen) atoms. The zero-order valence-corrected chi connectivity index (χ0v) is 17.8. The van der Waals surface area contributed by atoms with Gasteiger partial charge in [-0.25, -0.2) is 4.98 Å². The van der Waals surface area contributed by atoms with E-state index in [0.717, 1.165) is 18.4 Å². The van der Waals surface area contributed by atoms with Crippen molar-refractivity contribution < 1.29 is 14.0 Å². The van der Waals surface area contributed by atoms with Crippen LogP contribution in [0.15, 0.2) is 59.0 Å². The van der Waals surface area contributed by atoms with Crippen molar-refractivity contribution in [1.82, 2.24) is 4.98 Å². The lowest BCUT2D eigenvalue weighted by molar-refractivity contribution is -0.123. The van der Waals surface area contributed by atoms with Gasteiger partial charge >= 0.3 is 0 Å². The molecule has 1 saturated carbocycles. The van der Waals surface area contributed by atoms with Gasteiger partial charge < -0.3 is 10.2 Å². The summed E-state index contributed by atoms with van der Waals surface area (Å²) in [5.74, 6) is -1.13. The molecule has 1 fully saturated rings. The van der Waals surface area contributed by atoms with Gasteiger partial charge in [0.15, 0.2) is 5.58 Å². The number of ketones is 1. The van der Waals surface area contributed by atoms with Gasteiger partial charge in [-0.3, -0.25) is 9.59 Å². The van der Waals surface area contributed by atoms with Gasteiger partial charge in [0, 0.05) is 11.8 Å². The van der Waals surface area contributed by atoms with Crippen molar-refractivity contribution in [3.05, 3.63) is 66.1 Å². The van der Waals surface area contributed by atoms with E-state index in [-0.39, 0.29) is 11.7 Å². The van der Waals surface area contributed by atoms with E-state index in [0.29, 0.717) is 36.3 Å². The average molecular weight is 419 g/mol. The van der Waals surface area contributed by atoms with Crippen LogP contribution in [-0.4, -0.2) is 16.7 Å². The highest BCUT2D eigenvalue weighted by molar-refractivity contribution is 5.98. The molecule has 0 saturated heterocycles. The maximum atomic E-state index is 13.6. The second kappa shape index (κ2) is 9.90. The number of aromatic nitrogens is 1. The van der Waals surface area contributed by atoms with Crippen LogP contribution in [0.3, 0.4) is 0 Å². The first-order valence-electron chi connectivity index (χ1n) is 11.3. The summed E-state index contributed by atoms with van der Waals surface area (Å²) in [6.07, 6.45) is 7.73. The number of carbonyl (C=O) groups excluding carboxylic acids is 2. The van der Waals surface area contributed by atoms with Gasteiger partial charge in [0.25, 0.3) is 5.89 Å². The third-order valence-electron chi connectivity index (χ3n) is 6.59. The number of aryl methyl sites for hydroxylation is 1. The first kappa shape index (κ1) is 21.3. The van der Waals surface area contributed by atoms with Crippen LogP contribution in [0.1, 0.15) is 61.2 Å². The van der Waals surface area contributed by atoms with E-state index in [2.05, 4.69) is 4.98 Å². The van der Waals surface area contributed by atoms with Gasteiger partial charge in [0.2, 0.25) is 11.7 Å². The summed E-state index contributed by atoms with van der Waals surface area (Å²) >= 11 is 0. The summed E-state index contributed by atoms with van der Waals surface area (Å²) in [5, 5.41) is 0. The predicted octanol–water partition coefficient (Wildman–Crippen LogP) is 5.33. The van der Waals surface area contributed by atoms with Crippen LogP contribution in [-0.2, 0) is 11.2 Å². The van der Waals surface area contributed by atoms with Crippen LogP contribution in [0.4, 0.5) is 0 Å². The Morgan fingerprint density at radius 2 is 1.68 bits per heavy atom. The molecule has 1 aliphatic rings. The number of rotatable bonds is 9. The van der Waals surface area contributed by atoms with E-state index in [4.69, 9.17) is 10.2 Å². The first-order valence-corrected chi connectivity index (χ1v) is 11.3. The molecule has 2 aromatic carbocycles. The lowest BCUT2D eigenvalue weighted by atomic mass is 9.75. The lowest BCUT2D eigenvalue weighted by Crippen LogP contribution is -2.36. The van der Waals surface area contributed by atoms with E-state index in [9.17, 15) is 9.59 Å². The van der Waals surface area contributed by atoms with Crippen LogP contribution < -0.4 is 5.73 Å². The Morgan fingerprint density at radius 3 is 2.39 bits per heavy atom. The summed E-state index contributed by atoms with van der Waals surface area (Å²) in [7, 11) is 0. The summed E-state index contributed by atoms with van der Waals surface area (Å²) < 4.78 is 5.77. The summed E-state index contributed by atoms with van der Waals surface area (Å²) in [6.45, 7) is 0. The summed E-state index contributed by atoms with van der Waals surface area (Å²) in [5.41, 5.74) is 8.24. The number of nitrogens with zero attached hydrogens (tertiary/aromatic N) is 1. The second-order valence-corrected chi connectivity index (χ2v) is 8.73. The number of carbonyl (C=O) groups is 2. The highest BCUT2D eigenvalue weighted by atomic mass is 16.4. The Bertz CT molecular complexity index is 988. The largest absolute Gasteiger partial charge is 0.434 e. The van der Waals surface area contributed by atoms with Crippen molar-refractivity contribution in [2.24, 2.45) is 23.5 Å². The highest BCUT2D eigenvalue weighted by Gasteiger charge is 2.36. The molecule has 2 atom stereocenters. The van der Waals surface area contributed by atoms with Gasteiger partial charge in [-0.1, -0.05) is 74.6 Å². The van der Waals surface area contributed by atoms with Crippen molar-refractivity contribution >= 4 is 22.8 Å². The topological polar surface area (TPSA) is 86.2 Å². The van der Waals surface area contributed by atoms with E-state index >= 15 is 0 Å². The van der Waals surface area contributed by atoms with Gasteiger partial charge in [0.1, 0.15) is 5.52 Å². The fraction of sp³-hybridized carbons (Fsp3) is 0.423. The van der Waals surface area contributed by atoms with Gasteiger partial charge in [-0.05, 0) is 42.9 Å². The molecule has 0 bridgehead atoms. The molecule has 0 spiro atoms. The van der Waals surface area contributed by atoms with Crippen molar-refractivity contribution in [3.63, 3.8) is 0 Å². The third-order valence-corrected chi connectivity index (χ3v) is 6.59. The molecule has 1 heterocycles. The fourth-order valence-electron chi connectivity index (χ4n) is 4.88. The number of nitrogens with two attached hydrogens (primary N) is 1. The number of oxazole rings is 1. The number of hydrogen-bond acceptors (Lipinski definition) is 4. The average Bonchev–Trinajstić information content (AvgIpc) is 3.24. The molecule has 0 aliphatic heterocycles. The highest BCUT2D eigenvalue weighted by Crippen LogP contribution is 2.34. The standard InChI is InChI=1S/C26H30N2O3/c27-25(30)21(17-19-11-5-2-6-12-19)20(16-15-18-9-3-1-4-10-18)24(29)26-28-22-13-7-8-14-23(22)31-26/h1,3-4,7-10,13-14,19-21H,2,5-6,11-12,15-17H2,(H2,27,30). The maximum Gasteiger partial charge on any atom is 0.264 e. The zero-order chi connectivity index (χ0) is 21.6. The Balaban J connectivity index is 1.61. The molecule has 0 radical (unpaired) electrons. The predicted molar refractivity (Wildman–Crippen MR) is 120 cm³/mol. The summed E-state index contributed by atoms with van der Waals surface area (Å²) in [6, 6.07) is 17.4. The molecule has 1 amide bonds. The van der Waals surface area contributed by atoms with Crippen molar-refractivity contribution in [3.8, 4) is 0 Å². The fourth-order valence-corrected chi connectivity index (χ4v) is 4.88. The molecular formula is C26H30N2O3. The van der Waals surface area contributed by atoms with E-state index in [1.165, 1.54) is 19.3 Å². The van der Waals surface area contributed by atoms with Crippen LogP contribution in [0.5, 0.6) is 0 Å². The monoisotopic (exact) mass is 418 g/mol. The van der Waals surface area contributed by atoms with Gasteiger partial charge in [0.05, 0.1) is 0 Å². The lowest BCUT2D eigenvalue weighted by Gasteiger charge is -2.29. The van der Waals surface area contributed by atoms with Crippen LogP contribution in [0.2, 0.25) is 0 Å². The number of benzene rings is 2. The third kappa shape index (κ3) is 5.22. The molecule has 4 rings (SSSR count). The van der Waals surface area contributed by atoms with Crippen molar-refractivity contribution in [2.45, 2.75) is 51.4 Å². The molecule has 1 aliphatic carbocycles. The van der Waals surface area contributed by atoms with E-state index in [1.807, 2.05) is 48.5 Å². The Hall–Kier alpha value is -2.95. The Kier molecular flexibility index (Phi) is 6.80. The zero-order valence-electron chi connectivity index (χ0n) is 17.8. The number of amides is 1. The van der Waals surface area contributed by atoms with E-state index < -0.39 is 17.7 Å². The smallest absolute Gasteiger partial charge is 0.264 e. The number of primary amides is 1.